The van der Waals surface area contributed by atoms with Crippen molar-refractivity contribution in [3.63, 3.8) is 0 Å². The second-order valence-electron chi connectivity index (χ2n) is 3.80. The number of hydrogen-bond acceptors (Lipinski definition) is 1. The summed E-state index contributed by atoms with van der Waals surface area (Å²) >= 11 is 5.64. The van der Waals surface area contributed by atoms with Gasteiger partial charge in [0.15, 0.2) is 0 Å². The summed E-state index contributed by atoms with van der Waals surface area (Å²) in [5.74, 6) is -0.420. The van der Waals surface area contributed by atoms with Crippen LogP contribution in [0.15, 0.2) is 42.5 Å². The Morgan fingerprint density at radius 2 is 1.82 bits per heavy atom. The van der Waals surface area contributed by atoms with Gasteiger partial charge in [-0.3, -0.25) is 0 Å². The van der Waals surface area contributed by atoms with Crippen LogP contribution >= 0.6 is 11.6 Å². The fraction of sp³-hybridized carbons (Fsp3) is 0.143. The first-order chi connectivity index (χ1) is 8.20. The van der Waals surface area contributed by atoms with Crippen molar-refractivity contribution in [1.29, 1.82) is 0 Å². The summed E-state index contributed by atoms with van der Waals surface area (Å²) in [6, 6.07) is 12.4. The van der Waals surface area contributed by atoms with E-state index in [-0.39, 0.29) is 11.6 Å². The van der Waals surface area contributed by atoms with Gasteiger partial charge in [0, 0.05) is 6.61 Å². The lowest BCUT2D eigenvalue weighted by Crippen LogP contribution is -1.91. The largest absolute Gasteiger partial charge is 0.396 e. The molecule has 0 aliphatic carbocycles. The van der Waals surface area contributed by atoms with Crippen LogP contribution in [0.4, 0.5) is 4.39 Å². The third kappa shape index (κ3) is 2.84. The lowest BCUT2D eigenvalue weighted by molar-refractivity contribution is 0.299. The molecule has 0 bridgehead atoms. The monoisotopic (exact) mass is 250 g/mol. The molecule has 0 aromatic heterocycles. The van der Waals surface area contributed by atoms with Crippen molar-refractivity contribution in [1.82, 2.24) is 0 Å². The van der Waals surface area contributed by atoms with E-state index < -0.39 is 5.82 Å². The molecule has 0 unspecified atom stereocenters. The maximum absolute atomic E-state index is 13.3. The molecule has 0 heterocycles. The molecule has 17 heavy (non-hydrogen) atoms. The third-order valence-corrected chi connectivity index (χ3v) is 2.89. The molecule has 0 saturated heterocycles. The first-order valence-corrected chi connectivity index (χ1v) is 5.74. The Balaban J connectivity index is 2.38. The van der Waals surface area contributed by atoms with E-state index in [1.165, 1.54) is 6.07 Å². The summed E-state index contributed by atoms with van der Waals surface area (Å²) in [7, 11) is 0. The van der Waals surface area contributed by atoms with E-state index in [1.807, 2.05) is 24.3 Å². The predicted molar refractivity (Wildman–Crippen MR) is 67.6 cm³/mol. The van der Waals surface area contributed by atoms with Crippen LogP contribution < -0.4 is 0 Å². The van der Waals surface area contributed by atoms with E-state index >= 15 is 0 Å². The van der Waals surface area contributed by atoms with Crippen molar-refractivity contribution in [2.75, 3.05) is 6.61 Å². The Labute approximate surface area is 104 Å². The Kier molecular flexibility index (Phi) is 3.77. The molecule has 0 atom stereocenters. The van der Waals surface area contributed by atoms with E-state index in [0.717, 1.165) is 16.7 Å². The minimum Gasteiger partial charge on any atom is -0.396 e. The zero-order chi connectivity index (χ0) is 12.3. The third-order valence-electron chi connectivity index (χ3n) is 2.58. The smallest absolute Gasteiger partial charge is 0.142 e. The van der Waals surface area contributed by atoms with Gasteiger partial charge in [-0.15, -0.1) is 0 Å². The minimum atomic E-state index is -0.420. The molecule has 2 rings (SSSR count). The molecule has 0 aliphatic heterocycles. The van der Waals surface area contributed by atoms with E-state index in [9.17, 15) is 4.39 Å². The number of aliphatic hydroxyl groups excluding tert-OH is 1. The summed E-state index contributed by atoms with van der Waals surface area (Å²) in [6.07, 6.45) is 0.601. The normalized spacial score (nSPS) is 10.5. The Morgan fingerprint density at radius 1 is 1.06 bits per heavy atom. The first kappa shape index (κ1) is 12.1. The molecule has 0 radical (unpaired) electrons. The minimum absolute atomic E-state index is 0.110. The molecular weight excluding hydrogens is 239 g/mol. The van der Waals surface area contributed by atoms with E-state index in [2.05, 4.69) is 0 Å². The van der Waals surface area contributed by atoms with Crippen molar-refractivity contribution in [3.05, 3.63) is 58.9 Å². The maximum atomic E-state index is 13.3. The quantitative estimate of drug-likeness (QED) is 0.881. The van der Waals surface area contributed by atoms with Gasteiger partial charge in [-0.05, 0) is 35.2 Å². The summed E-state index contributed by atoms with van der Waals surface area (Å²) in [5.41, 5.74) is 2.73. The Bertz CT molecular complexity index is 525. The van der Waals surface area contributed by atoms with E-state index in [0.29, 0.717) is 6.42 Å². The highest BCUT2D eigenvalue weighted by Crippen LogP contribution is 2.25. The average Bonchev–Trinajstić information content (AvgIpc) is 2.33. The fourth-order valence-electron chi connectivity index (χ4n) is 1.71. The van der Waals surface area contributed by atoms with Gasteiger partial charge in [0.2, 0.25) is 0 Å². The second kappa shape index (κ2) is 5.30. The summed E-state index contributed by atoms with van der Waals surface area (Å²) in [4.78, 5) is 0. The molecule has 0 amide bonds. The average molecular weight is 251 g/mol. The zero-order valence-corrected chi connectivity index (χ0v) is 9.91. The van der Waals surface area contributed by atoms with Gasteiger partial charge in [0.1, 0.15) is 5.82 Å². The van der Waals surface area contributed by atoms with Crippen LogP contribution in [0, 0.1) is 5.82 Å². The molecule has 0 saturated carbocycles. The van der Waals surface area contributed by atoms with Gasteiger partial charge < -0.3 is 5.11 Å². The van der Waals surface area contributed by atoms with Gasteiger partial charge in [0.25, 0.3) is 0 Å². The number of halogens is 2. The van der Waals surface area contributed by atoms with Gasteiger partial charge in [-0.25, -0.2) is 4.39 Å². The van der Waals surface area contributed by atoms with Gasteiger partial charge in [-0.1, -0.05) is 41.9 Å². The summed E-state index contributed by atoms with van der Waals surface area (Å²) in [5, 5.41) is 9.01. The summed E-state index contributed by atoms with van der Waals surface area (Å²) in [6.45, 7) is 0.110. The number of rotatable bonds is 3. The van der Waals surface area contributed by atoms with Crippen LogP contribution in [0.25, 0.3) is 11.1 Å². The maximum Gasteiger partial charge on any atom is 0.142 e. The summed E-state index contributed by atoms with van der Waals surface area (Å²) < 4.78 is 13.3. The lowest BCUT2D eigenvalue weighted by Gasteiger charge is -2.05. The molecule has 88 valence electrons. The molecule has 0 spiro atoms. The molecule has 2 aromatic carbocycles. The molecule has 1 N–H and O–H groups in total. The molecule has 0 fully saturated rings. The predicted octanol–water partition coefficient (Wildman–Crippen LogP) is 3.68. The van der Waals surface area contributed by atoms with Crippen LogP contribution in [0.2, 0.25) is 5.02 Å². The van der Waals surface area contributed by atoms with Gasteiger partial charge >= 0.3 is 0 Å². The second-order valence-corrected chi connectivity index (χ2v) is 4.21. The van der Waals surface area contributed by atoms with Gasteiger partial charge in [-0.2, -0.15) is 0 Å². The SMILES string of the molecule is OCCc1cccc(-c2ccc(Cl)c(F)c2)c1. The van der Waals surface area contributed by atoms with E-state index in [4.69, 9.17) is 16.7 Å². The van der Waals surface area contributed by atoms with Gasteiger partial charge in [0.05, 0.1) is 5.02 Å². The van der Waals surface area contributed by atoms with Crippen molar-refractivity contribution >= 4 is 11.6 Å². The Hall–Kier alpha value is -1.38. The van der Waals surface area contributed by atoms with Crippen molar-refractivity contribution < 1.29 is 9.50 Å². The van der Waals surface area contributed by atoms with Crippen LogP contribution in [-0.4, -0.2) is 11.7 Å². The molecule has 3 heteroatoms. The molecular formula is C14H12ClFO. The topological polar surface area (TPSA) is 20.2 Å². The lowest BCUT2D eigenvalue weighted by atomic mass is 10.0. The van der Waals surface area contributed by atoms with Crippen LogP contribution in [0.5, 0.6) is 0 Å². The van der Waals surface area contributed by atoms with Crippen LogP contribution in [0.3, 0.4) is 0 Å². The number of hydrogen-bond donors (Lipinski definition) is 1. The van der Waals surface area contributed by atoms with Crippen molar-refractivity contribution in [2.24, 2.45) is 0 Å². The van der Waals surface area contributed by atoms with E-state index in [1.54, 1.807) is 12.1 Å². The van der Waals surface area contributed by atoms with Crippen LogP contribution in [-0.2, 0) is 6.42 Å². The number of benzene rings is 2. The van der Waals surface area contributed by atoms with Crippen molar-refractivity contribution in [2.45, 2.75) is 6.42 Å². The molecule has 2 aromatic rings. The highest BCUT2D eigenvalue weighted by Gasteiger charge is 2.03. The standard InChI is InChI=1S/C14H12ClFO/c15-13-5-4-12(9-14(13)16)11-3-1-2-10(8-11)6-7-17/h1-5,8-9,17H,6-7H2. The first-order valence-electron chi connectivity index (χ1n) is 5.36. The van der Waals surface area contributed by atoms with Crippen LogP contribution in [0.1, 0.15) is 5.56 Å². The Morgan fingerprint density at radius 3 is 2.53 bits per heavy atom. The number of aliphatic hydroxyl groups is 1. The molecule has 0 aliphatic rings. The fourth-order valence-corrected chi connectivity index (χ4v) is 1.83. The van der Waals surface area contributed by atoms with Crippen molar-refractivity contribution in [3.8, 4) is 11.1 Å². The molecule has 1 nitrogen and oxygen atoms in total. The highest BCUT2D eigenvalue weighted by atomic mass is 35.5. The highest BCUT2D eigenvalue weighted by molar-refractivity contribution is 6.30. The zero-order valence-electron chi connectivity index (χ0n) is 9.16.